The lowest BCUT2D eigenvalue weighted by molar-refractivity contribution is -0.137. The summed E-state index contributed by atoms with van der Waals surface area (Å²) in [4.78, 5) is 0. The van der Waals surface area contributed by atoms with Crippen molar-refractivity contribution in [2.75, 3.05) is 0 Å². The predicted molar refractivity (Wildman–Crippen MR) is 85.1 cm³/mol. The van der Waals surface area contributed by atoms with E-state index in [-0.39, 0.29) is 0 Å². The highest BCUT2D eigenvalue weighted by Gasteiger charge is 2.30. The maximum Gasteiger partial charge on any atom is 0.416 e. The second-order valence-electron chi connectivity index (χ2n) is 5.78. The monoisotopic (exact) mass is 310 g/mol. The maximum atomic E-state index is 12.7. The van der Waals surface area contributed by atoms with Gasteiger partial charge in [-0.25, -0.2) is 0 Å². The lowest BCUT2D eigenvalue weighted by atomic mass is 9.98. The molecule has 0 unspecified atom stereocenters. The molecule has 0 bridgehead atoms. The van der Waals surface area contributed by atoms with E-state index < -0.39 is 11.7 Å². The zero-order chi connectivity index (χ0) is 16.0. The van der Waals surface area contributed by atoms with Gasteiger partial charge in [0.2, 0.25) is 0 Å². The second kappa shape index (κ2) is 4.98. The summed E-state index contributed by atoms with van der Waals surface area (Å²) in [5.74, 6) is 0. The molecule has 1 aliphatic carbocycles. The van der Waals surface area contributed by atoms with Crippen LogP contribution in [0.5, 0.6) is 0 Å². The molecule has 0 saturated heterocycles. The number of alkyl halides is 3. The van der Waals surface area contributed by atoms with Gasteiger partial charge in [0.25, 0.3) is 0 Å². The Morgan fingerprint density at radius 2 is 1.30 bits per heavy atom. The SMILES string of the molecule is FC(F)(F)c1ccc(-c2ccc3c(c2)Cc2ccccc2-3)cc1. The predicted octanol–water partition coefficient (Wildman–Crippen LogP) is 5.94. The summed E-state index contributed by atoms with van der Waals surface area (Å²) in [6.07, 6.45) is -3.42. The highest BCUT2D eigenvalue weighted by Crippen LogP contribution is 2.38. The minimum atomic E-state index is -4.29. The number of fused-ring (bicyclic) bond motifs is 3. The van der Waals surface area contributed by atoms with Crippen molar-refractivity contribution in [2.24, 2.45) is 0 Å². The fraction of sp³-hybridized carbons (Fsp3) is 0.100. The Hall–Kier alpha value is -2.55. The molecule has 0 amide bonds. The first-order valence-electron chi connectivity index (χ1n) is 7.41. The average molecular weight is 310 g/mol. The third-order valence-corrected chi connectivity index (χ3v) is 4.34. The van der Waals surface area contributed by atoms with E-state index in [9.17, 15) is 13.2 Å². The topological polar surface area (TPSA) is 0 Å². The van der Waals surface area contributed by atoms with E-state index in [1.807, 2.05) is 18.2 Å². The molecule has 23 heavy (non-hydrogen) atoms. The van der Waals surface area contributed by atoms with Gasteiger partial charge in [0, 0.05) is 0 Å². The van der Waals surface area contributed by atoms with E-state index in [0.717, 1.165) is 29.7 Å². The Labute approximate surface area is 132 Å². The molecule has 3 heteroatoms. The van der Waals surface area contributed by atoms with Gasteiger partial charge in [-0.1, -0.05) is 54.6 Å². The van der Waals surface area contributed by atoms with E-state index >= 15 is 0 Å². The Kier molecular flexibility index (Phi) is 3.05. The van der Waals surface area contributed by atoms with E-state index in [1.165, 1.54) is 34.4 Å². The van der Waals surface area contributed by atoms with Crippen molar-refractivity contribution in [1.82, 2.24) is 0 Å². The number of halogens is 3. The Morgan fingerprint density at radius 3 is 2.04 bits per heavy atom. The number of benzene rings is 3. The molecule has 0 saturated carbocycles. The van der Waals surface area contributed by atoms with Crippen molar-refractivity contribution in [3.63, 3.8) is 0 Å². The summed E-state index contributed by atoms with van der Waals surface area (Å²) in [6.45, 7) is 0. The van der Waals surface area contributed by atoms with E-state index in [4.69, 9.17) is 0 Å². The maximum absolute atomic E-state index is 12.7. The van der Waals surface area contributed by atoms with Crippen molar-refractivity contribution < 1.29 is 13.2 Å². The van der Waals surface area contributed by atoms with Crippen molar-refractivity contribution in [3.05, 3.63) is 83.4 Å². The minimum absolute atomic E-state index is 0.616. The highest BCUT2D eigenvalue weighted by molar-refractivity contribution is 5.80. The van der Waals surface area contributed by atoms with E-state index in [2.05, 4.69) is 24.3 Å². The van der Waals surface area contributed by atoms with Gasteiger partial charge >= 0.3 is 6.18 Å². The summed E-state index contributed by atoms with van der Waals surface area (Å²) < 4.78 is 38.0. The smallest absolute Gasteiger partial charge is 0.166 e. The van der Waals surface area contributed by atoms with Crippen molar-refractivity contribution in [1.29, 1.82) is 0 Å². The van der Waals surface area contributed by atoms with Gasteiger partial charge in [-0.15, -0.1) is 0 Å². The van der Waals surface area contributed by atoms with Crippen LogP contribution in [0.1, 0.15) is 16.7 Å². The summed E-state index contributed by atoms with van der Waals surface area (Å²) >= 11 is 0. The molecule has 0 atom stereocenters. The molecule has 4 rings (SSSR count). The third-order valence-electron chi connectivity index (χ3n) is 4.34. The number of hydrogen-bond donors (Lipinski definition) is 0. The molecule has 0 aromatic heterocycles. The van der Waals surface area contributed by atoms with Crippen LogP contribution in [0.25, 0.3) is 22.3 Å². The third kappa shape index (κ3) is 2.42. The summed E-state index contributed by atoms with van der Waals surface area (Å²) in [5.41, 5.74) is 6.13. The molecule has 114 valence electrons. The number of hydrogen-bond acceptors (Lipinski definition) is 0. The quantitative estimate of drug-likeness (QED) is 0.408. The van der Waals surface area contributed by atoms with Crippen LogP contribution in [0.2, 0.25) is 0 Å². The standard InChI is InChI=1S/C20H13F3/c21-20(22,23)17-8-5-13(6-9-17)14-7-10-19-16(11-14)12-15-3-1-2-4-18(15)19/h1-11H,12H2. The molecule has 0 aliphatic heterocycles. The molecule has 0 radical (unpaired) electrons. The van der Waals surface area contributed by atoms with Crippen molar-refractivity contribution in [2.45, 2.75) is 12.6 Å². The molecular weight excluding hydrogens is 297 g/mol. The average Bonchev–Trinajstić information content (AvgIpc) is 2.92. The van der Waals surface area contributed by atoms with Crippen LogP contribution in [-0.2, 0) is 12.6 Å². The van der Waals surface area contributed by atoms with Crippen LogP contribution in [0.15, 0.2) is 66.7 Å². The van der Waals surface area contributed by atoms with Crippen molar-refractivity contribution in [3.8, 4) is 22.3 Å². The van der Waals surface area contributed by atoms with Crippen LogP contribution in [0.4, 0.5) is 13.2 Å². The lowest BCUT2D eigenvalue weighted by Gasteiger charge is -2.09. The molecule has 1 aliphatic rings. The molecule has 0 N–H and O–H groups in total. The van der Waals surface area contributed by atoms with Gasteiger partial charge in [-0.2, -0.15) is 13.2 Å². The summed E-state index contributed by atoms with van der Waals surface area (Å²) in [7, 11) is 0. The fourth-order valence-corrected chi connectivity index (χ4v) is 3.18. The molecule has 3 aromatic carbocycles. The van der Waals surface area contributed by atoms with Gasteiger partial charge in [-0.3, -0.25) is 0 Å². The van der Waals surface area contributed by atoms with Crippen LogP contribution >= 0.6 is 0 Å². The Bertz CT molecular complexity index is 874. The van der Waals surface area contributed by atoms with E-state index in [0.29, 0.717) is 0 Å². The number of rotatable bonds is 1. The van der Waals surface area contributed by atoms with Gasteiger partial charge in [-0.05, 0) is 51.9 Å². The molecule has 0 heterocycles. The fourth-order valence-electron chi connectivity index (χ4n) is 3.18. The zero-order valence-corrected chi connectivity index (χ0v) is 12.2. The first-order chi connectivity index (χ1) is 11.0. The molecule has 3 aromatic rings. The summed E-state index contributed by atoms with van der Waals surface area (Å²) in [5, 5.41) is 0. The van der Waals surface area contributed by atoms with Gasteiger partial charge in [0.1, 0.15) is 0 Å². The molecule has 0 nitrogen and oxygen atoms in total. The normalized spacial score (nSPS) is 12.8. The first kappa shape index (κ1) is 14.1. The molecule has 0 spiro atoms. The van der Waals surface area contributed by atoms with Gasteiger partial charge < -0.3 is 0 Å². The van der Waals surface area contributed by atoms with Gasteiger partial charge in [0.15, 0.2) is 0 Å². The van der Waals surface area contributed by atoms with Crippen LogP contribution in [0, 0.1) is 0 Å². The largest absolute Gasteiger partial charge is 0.416 e. The second-order valence-corrected chi connectivity index (χ2v) is 5.78. The summed E-state index contributed by atoms with van der Waals surface area (Å²) in [6, 6.07) is 19.7. The van der Waals surface area contributed by atoms with Crippen LogP contribution in [-0.4, -0.2) is 0 Å². The Balaban J connectivity index is 1.71. The van der Waals surface area contributed by atoms with Crippen molar-refractivity contribution >= 4 is 0 Å². The van der Waals surface area contributed by atoms with Gasteiger partial charge in [0.05, 0.1) is 5.56 Å². The molecular formula is C20H13F3. The zero-order valence-electron chi connectivity index (χ0n) is 12.2. The van der Waals surface area contributed by atoms with Crippen LogP contribution in [0.3, 0.4) is 0 Å². The van der Waals surface area contributed by atoms with E-state index in [1.54, 1.807) is 0 Å². The first-order valence-corrected chi connectivity index (χ1v) is 7.41. The molecule has 0 fully saturated rings. The van der Waals surface area contributed by atoms with Crippen LogP contribution < -0.4 is 0 Å². The Morgan fingerprint density at radius 1 is 0.652 bits per heavy atom. The highest BCUT2D eigenvalue weighted by atomic mass is 19.4. The minimum Gasteiger partial charge on any atom is -0.166 e. The lowest BCUT2D eigenvalue weighted by Crippen LogP contribution is -2.03.